The zero-order valence-electron chi connectivity index (χ0n) is 14.0. The molecule has 4 heteroatoms. The Morgan fingerprint density at radius 1 is 1.15 bits per heavy atom. The highest BCUT2D eigenvalue weighted by Crippen LogP contribution is 2.24. The van der Waals surface area contributed by atoms with Crippen molar-refractivity contribution in [1.82, 2.24) is 15.1 Å². The lowest BCUT2D eigenvalue weighted by molar-refractivity contribution is -0.136. The zero-order chi connectivity index (χ0) is 15.1. The number of hydrogen-bond donors (Lipinski definition) is 1. The number of carbonyl (C=O) groups excluding carboxylic acids is 1. The van der Waals surface area contributed by atoms with Gasteiger partial charge < -0.3 is 10.2 Å². The van der Waals surface area contributed by atoms with Crippen LogP contribution in [0.15, 0.2) is 0 Å². The molecule has 1 amide bonds. The van der Waals surface area contributed by atoms with Crippen molar-refractivity contribution in [1.29, 1.82) is 0 Å². The second-order valence-electron chi connectivity index (χ2n) is 5.92. The van der Waals surface area contributed by atoms with Crippen LogP contribution in [0.2, 0.25) is 0 Å². The molecule has 0 aromatic heterocycles. The van der Waals surface area contributed by atoms with Crippen LogP contribution in [0.4, 0.5) is 0 Å². The second kappa shape index (κ2) is 8.63. The fraction of sp³-hybridized carbons (Fsp3) is 0.938. The average Bonchev–Trinajstić information content (AvgIpc) is 2.48. The summed E-state index contributed by atoms with van der Waals surface area (Å²) in [6.07, 6.45) is 4.86. The van der Waals surface area contributed by atoms with Crippen LogP contribution in [0.25, 0.3) is 0 Å². The van der Waals surface area contributed by atoms with Gasteiger partial charge in [-0.1, -0.05) is 6.92 Å². The Morgan fingerprint density at radius 2 is 1.70 bits per heavy atom. The molecule has 1 saturated carbocycles. The van der Waals surface area contributed by atoms with Crippen molar-refractivity contribution in [3.63, 3.8) is 0 Å². The van der Waals surface area contributed by atoms with Crippen LogP contribution in [-0.2, 0) is 4.79 Å². The first-order chi connectivity index (χ1) is 9.54. The minimum Gasteiger partial charge on any atom is -0.342 e. The molecule has 0 saturated heterocycles. The number of hydrogen-bond acceptors (Lipinski definition) is 3. The van der Waals surface area contributed by atoms with Gasteiger partial charge in [0.15, 0.2) is 0 Å². The molecule has 1 aliphatic carbocycles. The summed E-state index contributed by atoms with van der Waals surface area (Å²) in [6, 6.07) is 1.23. The Kier molecular flexibility index (Phi) is 7.52. The smallest absolute Gasteiger partial charge is 0.239 e. The molecule has 0 aromatic carbocycles. The van der Waals surface area contributed by atoms with Crippen molar-refractivity contribution in [3.8, 4) is 0 Å². The van der Waals surface area contributed by atoms with Crippen LogP contribution in [0.5, 0.6) is 0 Å². The van der Waals surface area contributed by atoms with Crippen molar-refractivity contribution in [2.45, 2.75) is 71.5 Å². The molecule has 1 rings (SSSR count). The van der Waals surface area contributed by atoms with E-state index < -0.39 is 0 Å². The molecule has 4 nitrogen and oxygen atoms in total. The molecule has 0 radical (unpaired) electrons. The van der Waals surface area contributed by atoms with E-state index in [9.17, 15) is 4.79 Å². The van der Waals surface area contributed by atoms with E-state index in [1.54, 1.807) is 0 Å². The summed E-state index contributed by atoms with van der Waals surface area (Å²) in [5, 5.41) is 3.54. The molecule has 1 fully saturated rings. The number of likely N-dealkylation sites (N-methyl/N-ethyl adjacent to an activating group) is 2. The normalized spacial score (nSPS) is 24.7. The molecule has 0 spiro atoms. The number of nitrogens with one attached hydrogen (secondary N) is 1. The molecular weight excluding hydrogens is 250 g/mol. The Balaban J connectivity index is 2.49. The van der Waals surface area contributed by atoms with Crippen molar-refractivity contribution >= 4 is 5.91 Å². The molecule has 1 atom stereocenters. The summed E-state index contributed by atoms with van der Waals surface area (Å²) in [5.41, 5.74) is 0. The van der Waals surface area contributed by atoms with Crippen molar-refractivity contribution in [2.75, 3.05) is 26.7 Å². The van der Waals surface area contributed by atoms with Gasteiger partial charge in [0, 0.05) is 25.2 Å². The number of nitrogens with zero attached hydrogens (tertiary/aromatic N) is 2. The summed E-state index contributed by atoms with van der Waals surface area (Å²) in [5.74, 6) is 0.270. The van der Waals surface area contributed by atoms with Gasteiger partial charge in [-0.2, -0.15) is 0 Å². The fourth-order valence-electron chi connectivity index (χ4n) is 3.27. The second-order valence-corrected chi connectivity index (χ2v) is 5.92. The van der Waals surface area contributed by atoms with Gasteiger partial charge >= 0.3 is 0 Å². The first kappa shape index (κ1) is 17.4. The van der Waals surface area contributed by atoms with E-state index in [4.69, 9.17) is 0 Å². The van der Waals surface area contributed by atoms with Crippen molar-refractivity contribution < 1.29 is 4.79 Å². The fourth-order valence-corrected chi connectivity index (χ4v) is 3.27. The Hall–Kier alpha value is -0.610. The largest absolute Gasteiger partial charge is 0.342 e. The molecule has 118 valence electrons. The standard InChI is InChI=1S/C16H33N3O/c1-6-17-14-9-11-15(12-10-14)18(5)13(4)16(20)19(7-2)8-3/h13-15,17H,6-12H2,1-5H3. The Morgan fingerprint density at radius 3 is 2.15 bits per heavy atom. The third kappa shape index (κ3) is 4.45. The van der Waals surface area contributed by atoms with Gasteiger partial charge in [-0.25, -0.2) is 0 Å². The quantitative estimate of drug-likeness (QED) is 0.777. The summed E-state index contributed by atoms with van der Waals surface area (Å²) in [4.78, 5) is 16.7. The van der Waals surface area contributed by atoms with Crippen molar-refractivity contribution in [2.24, 2.45) is 0 Å². The predicted molar refractivity (Wildman–Crippen MR) is 84.9 cm³/mol. The predicted octanol–water partition coefficient (Wildman–Crippen LogP) is 2.10. The average molecular weight is 283 g/mol. The maximum atomic E-state index is 12.4. The van der Waals surface area contributed by atoms with Crippen LogP contribution in [-0.4, -0.2) is 60.5 Å². The Labute approximate surface area is 124 Å². The SMILES string of the molecule is CCNC1CCC(N(C)C(C)C(=O)N(CC)CC)CC1. The summed E-state index contributed by atoms with van der Waals surface area (Å²) in [7, 11) is 2.12. The lowest BCUT2D eigenvalue weighted by Gasteiger charge is -2.38. The Bertz CT molecular complexity index is 283. The van der Waals surface area contributed by atoms with Crippen LogP contribution in [0, 0.1) is 0 Å². The van der Waals surface area contributed by atoms with Gasteiger partial charge in [-0.15, -0.1) is 0 Å². The molecule has 0 heterocycles. The molecule has 1 N–H and O–H groups in total. The highest BCUT2D eigenvalue weighted by atomic mass is 16.2. The number of rotatable bonds is 7. The molecule has 0 aliphatic heterocycles. The summed E-state index contributed by atoms with van der Waals surface area (Å²) >= 11 is 0. The highest BCUT2D eigenvalue weighted by Gasteiger charge is 2.30. The van der Waals surface area contributed by atoms with Gasteiger partial charge in [0.05, 0.1) is 6.04 Å². The molecular formula is C16H33N3O. The lowest BCUT2D eigenvalue weighted by Crippen LogP contribution is -2.50. The minimum atomic E-state index is -0.00409. The maximum Gasteiger partial charge on any atom is 0.239 e. The van der Waals surface area contributed by atoms with E-state index in [1.165, 1.54) is 25.7 Å². The first-order valence-electron chi connectivity index (χ1n) is 8.29. The van der Waals surface area contributed by atoms with Crippen molar-refractivity contribution in [3.05, 3.63) is 0 Å². The van der Waals surface area contributed by atoms with Crippen LogP contribution < -0.4 is 5.32 Å². The topological polar surface area (TPSA) is 35.6 Å². The van der Waals surface area contributed by atoms with E-state index >= 15 is 0 Å². The molecule has 1 unspecified atom stereocenters. The molecule has 0 bridgehead atoms. The van der Waals surface area contributed by atoms with Crippen LogP contribution >= 0.6 is 0 Å². The van der Waals surface area contributed by atoms with Gasteiger partial charge in [-0.3, -0.25) is 9.69 Å². The summed E-state index contributed by atoms with van der Waals surface area (Å²) in [6.45, 7) is 11.0. The summed E-state index contributed by atoms with van der Waals surface area (Å²) < 4.78 is 0. The van der Waals surface area contributed by atoms with E-state index in [1.807, 2.05) is 4.90 Å². The van der Waals surface area contributed by atoms with Crippen LogP contribution in [0.3, 0.4) is 0 Å². The third-order valence-electron chi connectivity index (χ3n) is 4.81. The van der Waals surface area contributed by atoms with E-state index in [-0.39, 0.29) is 11.9 Å². The number of amides is 1. The van der Waals surface area contributed by atoms with E-state index in [2.05, 4.69) is 45.0 Å². The number of carbonyl (C=O) groups is 1. The first-order valence-corrected chi connectivity index (χ1v) is 8.29. The minimum absolute atomic E-state index is 0.00409. The highest BCUT2D eigenvalue weighted by molar-refractivity contribution is 5.81. The molecule has 20 heavy (non-hydrogen) atoms. The van der Waals surface area contributed by atoms with Crippen LogP contribution in [0.1, 0.15) is 53.4 Å². The maximum absolute atomic E-state index is 12.4. The zero-order valence-corrected chi connectivity index (χ0v) is 14.0. The van der Waals surface area contributed by atoms with Gasteiger partial charge in [0.1, 0.15) is 0 Å². The molecule has 1 aliphatic rings. The van der Waals surface area contributed by atoms with E-state index in [0.29, 0.717) is 12.1 Å². The van der Waals surface area contributed by atoms with E-state index in [0.717, 1.165) is 19.6 Å². The van der Waals surface area contributed by atoms with Gasteiger partial charge in [0.25, 0.3) is 0 Å². The lowest BCUT2D eigenvalue weighted by atomic mass is 9.89. The van der Waals surface area contributed by atoms with Gasteiger partial charge in [0.2, 0.25) is 5.91 Å². The molecule has 0 aromatic rings. The monoisotopic (exact) mass is 283 g/mol. The third-order valence-corrected chi connectivity index (χ3v) is 4.81. The van der Waals surface area contributed by atoms with Gasteiger partial charge in [-0.05, 0) is 60.0 Å².